The van der Waals surface area contributed by atoms with Crippen molar-refractivity contribution in [2.45, 2.75) is 60.2 Å². The van der Waals surface area contributed by atoms with E-state index in [-0.39, 0.29) is 5.91 Å². The van der Waals surface area contributed by atoms with E-state index in [9.17, 15) is 4.79 Å². The van der Waals surface area contributed by atoms with Crippen molar-refractivity contribution in [2.75, 3.05) is 13.1 Å². The van der Waals surface area contributed by atoms with E-state index < -0.39 is 0 Å². The minimum absolute atomic E-state index is 0.0668. The second-order valence-corrected chi connectivity index (χ2v) is 7.88. The standard InChI is InChI=1S/C21H31ClN4O/c1-14(2)25(15(3)4)12-11-23-21(27)20-16(5)24-26(17(20)6)13-18-9-7-8-10-19(18)22/h7-10,14-15H,11-13H2,1-6H3,(H,23,27). The molecule has 0 aliphatic carbocycles. The van der Waals surface area contributed by atoms with Crippen LogP contribution >= 0.6 is 11.6 Å². The van der Waals surface area contributed by atoms with Crippen LogP contribution in [0.25, 0.3) is 0 Å². The third-order valence-electron chi connectivity index (χ3n) is 4.87. The Kier molecular flexibility index (Phi) is 7.45. The SMILES string of the molecule is Cc1nn(Cc2ccccc2Cl)c(C)c1C(=O)NCCN(C(C)C)C(C)C. The molecule has 27 heavy (non-hydrogen) atoms. The summed E-state index contributed by atoms with van der Waals surface area (Å²) < 4.78 is 1.85. The number of nitrogens with one attached hydrogen (secondary N) is 1. The molecule has 1 amide bonds. The molecule has 1 N–H and O–H groups in total. The largest absolute Gasteiger partial charge is 0.351 e. The van der Waals surface area contributed by atoms with Crippen LogP contribution in [0.2, 0.25) is 5.02 Å². The highest BCUT2D eigenvalue weighted by atomic mass is 35.5. The van der Waals surface area contributed by atoms with Gasteiger partial charge >= 0.3 is 0 Å². The van der Waals surface area contributed by atoms with E-state index in [1.165, 1.54) is 0 Å². The zero-order valence-corrected chi connectivity index (χ0v) is 18.0. The van der Waals surface area contributed by atoms with Crippen LogP contribution in [0.3, 0.4) is 0 Å². The Bertz CT molecular complexity index is 774. The number of aromatic nitrogens is 2. The number of rotatable bonds is 8. The number of hydrogen-bond acceptors (Lipinski definition) is 3. The molecular formula is C21H31ClN4O. The van der Waals surface area contributed by atoms with Gasteiger partial charge in [-0.2, -0.15) is 5.10 Å². The summed E-state index contributed by atoms with van der Waals surface area (Å²) in [4.78, 5) is 15.1. The maximum atomic E-state index is 12.7. The van der Waals surface area contributed by atoms with Crippen LogP contribution in [0.1, 0.15) is 55.0 Å². The van der Waals surface area contributed by atoms with E-state index in [1.54, 1.807) is 0 Å². The maximum absolute atomic E-state index is 12.7. The summed E-state index contributed by atoms with van der Waals surface area (Å²) >= 11 is 6.26. The van der Waals surface area contributed by atoms with Crippen molar-refractivity contribution in [2.24, 2.45) is 0 Å². The van der Waals surface area contributed by atoms with Gasteiger partial charge in [-0.05, 0) is 53.2 Å². The predicted molar refractivity (Wildman–Crippen MR) is 112 cm³/mol. The fraction of sp³-hybridized carbons (Fsp3) is 0.524. The van der Waals surface area contributed by atoms with E-state index in [0.717, 1.165) is 23.5 Å². The smallest absolute Gasteiger partial charge is 0.255 e. The Hall–Kier alpha value is -1.85. The zero-order chi connectivity index (χ0) is 20.1. The molecule has 5 nitrogen and oxygen atoms in total. The molecule has 1 aromatic carbocycles. The number of amides is 1. The number of nitrogens with zero attached hydrogens (tertiary/aromatic N) is 3. The van der Waals surface area contributed by atoms with Gasteiger partial charge in [0.2, 0.25) is 0 Å². The Labute approximate surface area is 167 Å². The molecule has 2 aromatic rings. The second-order valence-electron chi connectivity index (χ2n) is 7.48. The molecule has 148 valence electrons. The minimum atomic E-state index is -0.0668. The molecular weight excluding hydrogens is 360 g/mol. The second kappa shape index (κ2) is 9.38. The van der Waals surface area contributed by atoms with Crippen molar-refractivity contribution in [3.63, 3.8) is 0 Å². The highest BCUT2D eigenvalue weighted by Gasteiger charge is 2.20. The van der Waals surface area contributed by atoms with Crippen LogP contribution in [0, 0.1) is 13.8 Å². The van der Waals surface area contributed by atoms with Crippen LogP contribution in [-0.2, 0) is 6.54 Å². The van der Waals surface area contributed by atoms with Crippen molar-refractivity contribution in [3.8, 4) is 0 Å². The molecule has 0 spiro atoms. The average molecular weight is 391 g/mol. The molecule has 2 rings (SSSR count). The van der Waals surface area contributed by atoms with Gasteiger partial charge in [0, 0.05) is 35.9 Å². The van der Waals surface area contributed by atoms with E-state index in [1.807, 2.05) is 42.8 Å². The maximum Gasteiger partial charge on any atom is 0.255 e. The minimum Gasteiger partial charge on any atom is -0.351 e. The fourth-order valence-corrected chi connectivity index (χ4v) is 3.66. The predicted octanol–water partition coefficient (Wildman–Crippen LogP) is 4.05. The van der Waals surface area contributed by atoms with Gasteiger partial charge in [-0.1, -0.05) is 29.8 Å². The number of carbonyl (C=O) groups excluding carboxylic acids is 1. The lowest BCUT2D eigenvalue weighted by atomic mass is 10.1. The molecule has 1 aromatic heterocycles. The first-order valence-corrected chi connectivity index (χ1v) is 9.91. The van der Waals surface area contributed by atoms with Crippen molar-refractivity contribution in [1.82, 2.24) is 20.0 Å². The quantitative estimate of drug-likeness (QED) is 0.739. The summed E-state index contributed by atoms with van der Waals surface area (Å²) in [6.45, 7) is 14.5. The highest BCUT2D eigenvalue weighted by molar-refractivity contribution is 6.31. The molecule has 0 fully saturated rings. The normalized spacial score (nSPS) is 11.6. The monoisotopic (exact) mass is 390 g/mol. The van der Waals surface area contributed by atoms with Crippen LogP contribution in [0.5, 0.6) is 0 Å². The summed E-state index contributed by atoms with van der Waals surface area (Å²) in [6, 6.07) is 8.60. The first-order chi connectivity index (χ1) is 12.7. The molecule has 0 aliphatic heterocycles. The van der Waals surface area contributed by atoms with Crippen molar-refractivity contribution < 1.29 is 4.79 Å². The van der Waals surface area contributed by atoms with Crippen LogP contribution in [0.15, 0.2) is 24.3 Å². The lowest BCUT2D eigenvalue weighted by molar-refractivity contribution is 0.0938. The Morgan fingerprint density at radius 3 is 2.41 bits per heavy atom. The Morgan fingerprint density at radius 2 is 1.81 bits per heavy atom. The summed E-state index contributed by atoms with van der Waals surface area (Å²) in [6.07, 6.45) is 0. The number of carbonyl (C=O) groups is 1. The van der Waals surface area contributed by atoms with Crippen LogP contribution < -0.4 is 5.32 Å². The van der Waals surface area contributed by atoms with Gasteiger partial charge < -0.3 is 5.32 Å². The van der Waals surface area contributed by atoms with Gasteiger partial charge in [-0.25, -0.2) is 0 Å². The van der Waals surface area contributed by atoms with Gasteiger partial charge in [0.25, 0.3) is 5.91 Å². The summed E-state index contributed by atoms with van der Waals surface area (Å²) in [5.74, 6) is -0.0668. The average Bonchev–Trinajstić information content (AvgIpc) is 2.86. The number of hydrogen-bond donors (Lipinski definition) is 1. The third kappa shape index (κ3) is 5.33. The highest BCUT2D eigenvalue weighted by Crippen LogP contribution is 2.19. The first kappa shape index (κ1) is 21.5. The molecule has 0 unspecified atom stereocenters. The van der Waals surface area contributed by atoms with E-state index >= 15 is 0 Å². The lowest BCUT2D eigenvalue weighted by Crippen LogP contribution is -2.42. The Morgan fingerprint density at radius 1 is 1.19 bits per heavy atom. The molecule has 1 heterocycles. The molecule has 0 aliphatic rings. The zero-order valence-electron chi connectivity index (χ0n) is 17.2. The number of halogens is 1. The number of aryl methyl sites for hydroxylation is 1. The summed E-state index contributed by atoms with van der Waals surface area (Å²) in [5, 5.41) is 8.31. The van der Waals surface area contributed by atoms with E-state index in [4.69, 9.17) is 11.6 Å². The molecule has 0 saturated carbocycles. The van der Waals surface area contributed by atoms with Crippen LogP contribution in [0.4, 0.5) is 0 Å². The van der Waals surface area contributed by atoms with E-state index in [0.29, 0.717) is 35.8 Å². The third-order valence-corrected chi connectivity index (χ3v) is 5.24. The van der Waals surface area contributed by atoms with Crippen LogP contribution in [-0.4, -0.2) is 45.8 Å². The van der Waals surface area contributed by atoms with E-state index in [2.05, 4.69) is 43.0 Å². The van der Waals surface area contributed by atoms with Crippen molar-refractivity contribution in [3.05, 3.63) is 51.8 Å². The van der Waals surface area contributed by atoms with Gasteiger partial charge in [0.15, 0.2) is 0 Å². The lowest BCUT2D eigenvalue weighted by Gasteiger charge is -2.30. The number of benzene rings is 1. The topological polar surface area (TPSA) is 50.2 Å². The molecule has 6 heteroatoms. The Balaban J connectivity index is 2.07. The van der Waals surface area contributed by atoms with Gasteiger partial charge in [0.1, 0.15) is 0 Å². The van der Waals surface area contributed by atoms with Gasteiger partial charge in [-0.3, -0.25) is 14.4 Å². The molecule has 0 radical (unpaired) electrons. The molecule has 0 bridgehead atoms. The first-order valence-electron chi connectivity index (χ1n) is 9.53. The van der Waals surface area contributed by atoms with Gasteiger partial charge in [0.05, 0.1) is 17.8 Å². The summed E-state index contributed by atoms with van der Waals surface area (Å²) in [5.41, 5.74) is 3.24. The van der Waals surface area contributed by atoms with Crippen molar-refractivity contribution >= 4 is 17.5 Å². The molecule has 0 atom stereocenters. The fourth-order valence-electron chi connectivity index (χ4n) is 3.47. The summed E-state index contributed by atoms with van der Waals surface area (Å²) in [7, 11) is 0. The van der Waals surface area contributed by atoms with Crippen molar-refractivity contribution in [1.29, 1.82) is 0 Å². The molecule has 0 saturated heterocycles. The van der Waals surface area contributed by atoms with Gasteiger partial charge in [-0.15, -0.1) is 0 Å².